The van der Waals surface area contributed by atoms with Crippen LogP contribution in [0.25, 0.3) is 0 Å². The number of rotatable bonds is 9. The van der Waals surface area contributed by atoms with Crippen LogP contribution in [0.2, 0.25) is 0 Å². The third kappa shape index (κ3) is 6.21. The molecule has 7 nitrogen and oxygen atoms in total. The first kappa shape index (κ1) is 21.2. The van der Waals surface area contributed by atoms with E-state index in [2.05, 4.69) is 5.32 Å². The fourth-order valence-corrected chi connectivity index (χ4v) is 3.41. The maximum atomic E-state index is 11.9. The fourth-order valence-electron chi connectivity index (χ4n) is 2.56. The van der Waals surface area contributed by atoms with Crippen LogP contribution < -0.4 is 20.1 Å². The second-order valence-electron chi connectivity index (χ2n) is 6.62. The zero-order chi connectivity index (χ0) is 20.0. The number of hydrogen-bond donors (Lipinski definition) is 3. The monoisotopic (exact) mass is 393 g/mol. The van der Waals surface area contributed by atoms with E-state index in [0.29, 0.717) is 17.9 Å². The second-order valence-corrected chi connectivity index (χ2v) is 8.15. The van der Waals surface area contributed by atoms with Gasteiger partial charge in [0.2, 0.25) is 10.0 Å². The Hall–Kier alpha value is -2.13. The van der Waals surface area contributed by atoms with Crippen molar-refractivity contribution in [2.24, 2.45) is 5.14 Å². The molecule has 2 atom stereocenters. The third-order valence-corrected chi connectivity index (χ3v) is 5.00. The van der Waals surface area contributed by atoms with Crippen molar-refractivity contribution in [2.45, 2.75) is 24.0 Å². The first-order valence-corrected chi connectivity index (χ1v) is 10.2. The van der Waals surface area contributed by atoms with Crippen LogP contribution in [0.4, 0.5) is 5.69 Å². The largest absolute Gasteiger partial charge is 0.492 e. The van der Waals surface area contributed by atoms with Gasteiger partial charge in [-0.3, -0.25) is 0 Å². The van der Waals surface area contributed by atoms with Crippen molar-refractivity contribution in [1.82, 2.24) is 5.32 Å². The predicted octanol–water partition coefficient (Wildman–Crippen LogP) is 1.49. The highest BCUT2D eigenvalue weighted by molar-refractivity contribution is 7.89. The predicted molar refractivity (Wildman–Crippen MR) is 107 cm³/mol. The Morgan fingerprint density at radius 2 is 1.85 bits per heavy atom. The maximum absolute atomic E-state index is 11.9. The molecule has 0 heterocycles. The van der Waals surface area contributed by atoms with Crippen LogP contribution in [-0.4, -0.2) is 46.8 Å². The van der Waals surface area contributed by atoms with Gasteiger partial charge in [-0.1, -0.05) is 24.3 Å². The van der Waals surface area contributed by atoms with E-state index < -0.39 is 16.1 Å². The molecule has 0 aromatic heterocycles. The van der Waals surface area contributed by atoms with Gasteiger partial charge in [0.25, 0.3) is 0 Å². The molecule has 0 aliphatic heterocycles. The molecule has 0 amide bonds. The Labute approximate surface area is 160 Å². The summed E-state index contributed by atoms with van der Waals surface area (Å²) in [6.45, 7) is 2.64. The molecule has 0 bridgehead atoms. The van der Waals surface area contributed by atoms with Crippen LogP contribution in [0.3, 0.4) is 0 Å². The quantitative estimate of drug-likeness (QED) is 0.596. The molecule has 0 fully saturated rings. The van der Waals surface area contributed by atoms with E-state index in [1.807, 2.05) is 37.3 Å². The lowest BCUT2D eigenvalue weighted by molar-refractivity contribution is 0.163. The standard InChI is InChI=1S/C19H27N3O4S/c1-14(13-26-16-7-5-4-6-8-16)21-12-18(23)15-9-10-17(22(2)3)19(11-15)27(20,24)25/h4-11,14,18,21,23H,12-13H2,1-3H3,(H2,20,24,25). The number of hydrogen-bond acceptors (Lipinski definition) is 6. The molecule has 0 radical (unpaired) electrons. The molecular weight excluding hydrogens is 366 g/mol. The normalized spacial score (nSPS) is 13.8. The average Bonchev–Trinajstić information content (AvgIpc) is 2.64. The van der Waals surface area contributed by atoms with E-state index in [-0.39, 0.29) is 17.5 Å². The zero-order valence-electron chi connectivity index (χ0n) is 15.8. The summed E-state index contributed by atoms with van der Waals surface area (Å²) < 4.78 is 29.4. The number of sulfonamides is 1. The lowest BCUT2D eigenvalue weighted by Crippen LogP contribution is -2.35. The summed E-state index contributed by atoms with van der Waals surface area (Å²) in [5, 5.41) is 18.9. The Balaban J connectivity index is 1.98. The molecule has 0 saturated carbocycles. The van der Waals surface area contributed by atoms with Crippen molar-refractivity contribution < 1.29 is 18.3 Å². The smallest absolute Gasteiger partial charge is 0.240 e. The zero-order valence-corrected chi connectivity index (χ0v) is 16.6. The molecule has 2 aromatic carbocycles. The number of primary sulfonamides is 1. The van der Waals surface area contributed by atoms with E-state index in [1.54, 1.807) is 31.1 Å². The highest BCUT2D eigenvalue weighted by atomic mass is 32.2. The van der Waals surface area contributed by atoms with Crippen molar-refractivity contribution in [2.75, 3.05) is 32.1 Å². The van der Waals surface area contributed by atoms with Crippen LogP contribution in [0.1, 0.15) is 18.6 Å². The Morgan fingerprint density at radius 3 is 2.44 bits per heavy atom. The SMILES string of the molecule is CC(COc1ccccc1)NCC(O)c1ccc(N(C)C)c(S(N)(=O)=O)c1. The highest BCUT2D eigenvalue weighted by Gasteiger charge is 2.19. The molecule has 148 valence electrons. The minimum Gasteiger partial charge on any atom is -0.492 e. The molecule has 0 spiro atoms. The molecular formula is C19H27N3O4S. The topological polar surface area (TPSA) is 105 Å². The Kier molecular flexibility index (Phi) is 7.20. The van der Waals surface area contributed by atoms with Crippen molar-refractivity contribution in [3.63, 3.8) is 0 Å². The molecule has 2 aromatic rings. The fraction of sp³-hybridized carbons (Fsp3) is 0.368. The summed E-state index contributed by atoms with van der Waals surface area (Å²) in [6.07, 6.45) is -0.874. The summed E-state index contributed by atoms with van der Waals surface area (Å²) in [5.74, 6) is 0.781. The van der Waals surface area contributed by atoms with E-state index in [4.69, 9.17) is 9.88 Å². The van der Waals surface area contributed by atoms with Gasteiger partial charge in [0.05, 0.1) is 11.8 Å². The number of nitrogens with zero attached hydrogens (tertiary/aromatic N) is 1. The number of ether oxygens (including phenoxy) is 1. The van der Waals surface area contributed by atoms with E-state index >= 15 is 0 Å². The van der Waals surface area contributed by atoms with Gasteiger partial charge < -0.3 is 20.1 Å². The van der Waals surface area contributed by atoms with Crippen molar-refractivity contribution >= 4 is 15.7 Å². The Morgan fingerprint density at radius 1 is 1.19 bits per heavy atom. The highest BCUT2D eigenvalue weighted by Crippen LogP contribution is 2.26. The molecule has 4 N–H and O–H groups in total. The number of aliphatic hydroxyl groups is 1. The van der Waals surface area contributed by atoms with Gasteiger partial charge in [0.15, 0.2) is 0 Å². The first-order chi connectivity index (χ1) is 12.7. The van der Waals surface area contributed by atoms with E-state index in [9.17, 15) is 13.5 Å². The molecule has 2 unspecified atom stereocenters. The minimum atomic E-state index is -3.90. The Bertz CT molecular complexity index is 841. The van der Waals surface area contributed by atoms with E-state index in [0.717, 1.165) is 5.75 Å². The van der Waals surface area contributed by atoms with Gasteiger partial charge in [-0.2, -0.15) is 0 Å². The van der Waals surface area contributed by atoms with Crippen LogP contribution in [-0.2, 0) is 10.0 Å². The van der Waals surface area contributed by atoms with Gasteiger partial charge in [-0.25, -0.2) is 13.6 Å². The summed E-state index contributed by atoms with van der Waals surface area (Å²) in [5.41, 5.74) is 0.958. The van der Waals surface area contributed by atoms with Crippen molar-refractivity contribution in [3.8, 4) is 5.75 Å². The van der Waals surface area contributed by atoms with Crippen molar-refractivity contribution in [3.05, 3.63) is 54.1 Å². The number of anilines is 1. The first-order valence-electron chi connectivity index (χ1n) is 8.62. The number of benzene rings is 2. The third-order valence-electron chi connectivity index (χ3n) is 4.06. The molecule has 8 heteroatoms. The molecule has 2 rings (SSSR count). The lowest BCUT2D eigenvalue weighted by Gasteiger charge is -2.20. The molecule has 0 aliphatic rings. The summed E-state index contributed by atoms with van der Waals surface area (Å²) in [7, 11) is -0.434. The minimum absolute atomic E-state index is 0.00128. The van der Waals surface area contributed by atoms with Gasteiger partial charge in [-0.15, -0.1) is 0 Å². The van der Waals surface area contributed by atoms with Crippen molar-refractivity contribution in [1.29, 1.82) is 0 Å². The number of nitrogens with two attached hydrogens (primary N) is 1. The molecule has 0 saturated heterocycles. The second kappa shape index (κ2) is 9.18. The number of aliphatic hydroxyl groups excluding tert-OH is 1. The summed E-state index contributed by atoms with van der Waals surface area (Å²) in [4.78, 5) is 1.65. The van der Waals surface area contributed by atoms with E-state index in [1.165, 1.54) is 6.07 Å². The summed E-state index contributed by atoms with van der Waals surface area (Å²) >= 11 is 0. The van der Waals surface area contributed by atoms with Crippen LogP contribution >= 0.6 is 0 Å². The van der Waals surface area contributed by atoms with Gasteiger partial charge >= 0.3 is 0 Å². The van der Waals surface area contributed by atoms with Crippen LogP contribution in [0.5, 0.6) is 5.75 Å². The van der Waals surface area contributed by atoms with Crippen LogP contribution in [0.15, 0.2) is 53.4 Å². The molecule has 0 aliphatic carbocycles. The maximum Gasteiger partial charge on any atom is 0.240 e. The van der Waals surface area contributed by atoms with Crippen LogP contribution in [0, 0.1) is 0 Å². The van der Waals surface area contributed by atoms with Gasteiger partial charge in [0, 0.05) is 26.7 Å². The van der Waals surface area contributed by atoms with Gasteiger partial charge in [0.1, 0.15) is 17.3 Å². The lowest BCUT2D eigenvalue weighted by atomic mass is 10.1. The van der Waals surface area contributed by atoms with Gasteiger partial charge in [-0.05, 0) is 36.8 Å². The number of para-hydroxylation sites is 1. The average molecular weight is 394 g/mol. The summed E-state index contributed by atoms with van der Waals surface area (Å²) in [6, 6.07) is 14.2. The molecule has 27 heavy (non-hydrogen) atoms. The number of nitrogens with one attached hydrogen (secondary N) is 1.